The normalized spacial score (nSPS) is 11.5. The average Bonchev–Trinajstić information content (AvgIpc) is 2.98. The second-order valence-electron chi connectivity index (χ2n) is 4.60. The van der Waals surface area contributed by atoms with Crippen LogP contribution in [-0.4, -0.2) is 18.6 Å². The molecule has 0 aliphatic rings. The molecule has 2 aromatic carbocycles. The van der Waals surface area contributed by atoms with E-state index in [-0.39, 0.29) is 20.1 Å². The lowest BCUT2D eigenvalue weighted by Crippen LogP contribution is -2.13. The number of aromatic nitrogens is 2. The molecular formula is C14H8Cl3N3O2S2. The second-order valence-corrected chi connectivity index (χ2v) is 8.51. The van der Waals surface area contributed by atoms with Crippen LogP contribution in [0.1, 0.15) is 0 Å². The molecule has 0 spiro atoms. The Kier molecular flexibility index (Phi) is 4.98. The van der Waals surface area contributed by atoms with Crippen LogP contribution in [0.15, 0.2) is 47.4 Å². The summed E-state index contributed by atoms with van der Waals surface area (Å²) >= 11 is 18.7. The van der Waals surface area contributed by atoms with Crippen LogP contribution in [-0.2, 0) is 10.0 Å². The number of rotatable bonds is 4. The first kappa shape index (κ1) is 17.4. The van der Waals surface area contributed by atoms with Crippen molar-refractivity contribution in [3.05, 3.63) is 57.5 Å². The monoisotopic (exact) mass is 419 g/mol. The topological polar surface area (TPSA) is 72.0 Å². The van der Waals surface area contributed by atoms with Gasteiger partial charge in [0, 0.05) is 15.6 Å². The lowest BCUT2D eigenvalue weighted by Gasteiger charge is -2.06. The molecule has 0 bridgehead atoms. The molecule has 124 valence electrons. The van der Waals surface area contributed by atoms with Gasteiger partial charge in [0.05, 0.1) is 5.02 Å². The van der Waals surface area contributed by atoms with Gasteiger partial charge in [0.1, 0.15) is 9.90 Å². The van der Waals surface area contributed by atoms with E-state index in [1.165, 1.54) is 18.2 Å². The van der Waals surface area contributed by atoms with Gasteiger partial charge in [-0.25, -0.2) is 8.42 Å². The Bertz CT molecular complexity index is 989. The Morgan fingerprint density at radius 2 is 1.58 bits per heavy atom. The molecule has 0 radical (unpaired) electrons. The summed E-state index contributed by atoms with van der Waals surface area (Å²) in [5.74, 6) is 0. The lowest BCUT2D eigenvalue weighted by atomic mass is 10.2. The summed E-state index contributed by atoms with van der Waals surface area (Å²) in [5, 5.41) is 9.42. The third-order valence-corrected chi connectivity index (χ3v) is 6.25. The maximum absolute atomic E-state index is 12.4. The molecule has 1 N–H and O–H groups in total. The first-order valence-electron chi connectivity index (χ1n) is 6.42. The Labute approximate surface area is 157 Å². The van der Waals surface area contributed by atoms with Crippen LogP contribution in [0.5, 0.6) is 0 Å². The van der Waals surface area contributed by atoms with E-state index in [1.54, 1.807) is 24.3 Å². The van der Waals surface area contributed by atoms with Gasteiger partial charge in [-0.3, -0.25) is 4.72 Å². The fourth-order valence-electron chi connectivity index (χ4n) is 1.83. The number of hydrogen-bond acceptors (Lipinski definition) is 5. The molecule has 24 heavy (non-hydrogen) atoms. The molecular weight excluding hydrogens is 413 g/mol. The summed E-state index contributed by atoms with van der Waals surface area (Å²) in [5.41, 5.74) is 0.781. The van der Waals surface area contributed by atoms with Crippen molar-refractivity contribution in [2.45, 2.75) is 4.90 Å². The summed E-state index contributed by atoms with van der Waals surface area (Å²) in [6.07, 6.45) is 0. The molecule has 0 atom stereocenters. The smallest absolute Gasteiger partial charge is 0.253 e. The van der Waals surface area contributed by atoms with Crippen molar-refractivity contribution in [3.63, 3.8) is 0 Å². The predicted octanol–water partition coefficient (Wildman–Crippen LogP) is 4.97. The molecule has 0 aliphatic carbocycles. The van der Waals surface area contributed by atoms with Crippen molar-refractivity contribution in [1.29, 1.82) is 0 Å². The summed E-state index contributed by atoms with van der Waals surface area (Å²) in [6, 6.07) is 11.2. The van der Waals surface area contributed by atoms with Gasteiger partial charge in [0.2, 0.25) is 5.13 Å². The van der Waals surface area contributed by atoms with Crippen molar-refractivity contribution in [2.24, 2.45) is 0 Å². The number of benzene rings is 2. The minimum absolute atomic E-state index is 0.0642. The SMILES string of the molecule is O=S(=O)(Nc1nnc(-c2ccc(Cl)cc2)s1)c1cc(Cl)ccc1Cl. The fraction of sp³-hybridized carbons (Fsp3) is 0. The Hall–Kier alpha value is -1.38. The standard InChI is InChI=1S/C14H8Cl3N3O2S2/c15-9-3-1-8(2-4-9)13-18-19-14(23-13)20-24(21,22)12-7-10(16)5-6-11(12)17/h1-7H,(H,19,20). The number of halogens is 3. The highest BCUT2D eigenvalue weighted by atomic mass is 35.5. The molecule has 0 fully saturated rings. The highest BCUT2D eigenvalue weighted by Gasteiger charge is 2.20. The number of nitrogens with one attached hydrogen (secondary N) is 1. The van der Waals surface area contributed by atoms with Crippen molar-refractivity contribution in [1.82, 2.24) is 10.2 Å². The van der Waals surface area contributed by atoms with Crippen LogP contribution in [0.25, 0.3) is 10.6 Å². The number of hydrogen-bond donors (Lipinski definition) is 1. The van der Waals surface area contributed by atoms with E-state index < -0.39 is 10.0 Å². The van der Waals surface area contributed by atoms with Crippen LogP contribution >= 0.6 is 46.1 Å². The number of nitrogens with zero attached hydrogens (tertiary/aromatic N) is 2. The minimum Gasteiger partial charge on any atom is -0.253 e. The second kappa shape index (κ2) is 6.85. The minimum atomic E-state index is -3.92. The molecule has 0 aliphatic heterocycles. The van der Waals surface area contributed by atoms with Crippen molar-refractivity contribution in [2.75, 3.05) is 4.72 Å². The third-order valence-electron chi connectivity index (χ3n) is 2.92. The van der Waals surface area contributed by atoms with Gasteiger partial charge in [0.25, 0.3) is 10.0 Å². The molecule has 0 saturated carbocycles. The molecule has 1 heterocycles. The van der Waals surface area contributed by atoms with E-state index in [4.69, 9.17) is 34.8 Å². The van der Waals surface area contributed by atoms with Gasteiger partial charge < -0.3 is 0 Å². The molecule has 1 aromatic heterocycles. The van der Waals surface area contributed by atoms with Gasteiger partial charge >= 0.3 is 0 Å². The van der Waals surface area contributed by atoms with Crippen LogP contribution in [0.4, 0.5) is 5.13 Å². The summed E-state index contributed by atoms with van der Waals surface area (Å²) in [4.78, 5) is -0.125. The van der Waals surface area contributed by atoms with Crippen LogP contribution in [0, 0.1) is 0 Å². The predicted molar refractivity (Wildman–Crippen MR) is 97.6 cm³/mol. The largest absolute Gasteiger partial charge is 0.265 e. The molecule has 3 aromatic rings. The van der Waals surface area contributed by atoms with E-state index in [0.717, 1.165) is 16.9 Å². The molecule has 0 saturated heterocycles. The Balaban J connectivity index is 1.88. The third kappa shape index (κ3) is 3.81. The zero-order chi connectivity index (χ0) is 17.3. The van der Waals surface area contributed by atoms with E-state index in [9.17, 15) is 8.42 Å². The van der Waals surface area contributed by atoms with Crippen LogP contribution in [0.3, 0.4) is 0 Å². The summed E-state index contributed by atoms with van der Waals surface area (Å²) in [7, 11) is -3.92. The maximum Gasteiger partial charge on any atom is 0.265 e. The van der Waals surface area contributed by atoms with Crippen molar-refractivity contribution < 1.29 is 8.42 Å². The molecule has 10 heteroatoms. The average molecular weight is 421 g/mol. The van der Waals surface area contributed by atoms with Gasteiger partial charge in [0.15, 0.2) is 0 Å². The zero-order valence-corrected chi connectivity index (χ0v) is 15.6. The first-order chi connectivity index (χ1) is 11.3. The van der Waals surface area contributed by atoms with Gasteiger partial charge in [-0.05, 0) is 30.3 Å². The van der Waals surface area contributed by atoms with Crippen LogP contribution in [0.2, 0.25) is 15.1 Å². The fourth-order valence-corrected chi connectivity index (χ4v) is 4.70. The van der Waals surface area contributed by atoms with Gasteiger partial charge in [-0.1, -0.05) is 58.3 Å². The maximum atomic E-state index is 12.4. The highest BCUT2D eigenvalue weighted by molar-refractivity contribution is 7.93. The molecule has 3 rings (SSSR count). The Morgan fingerprint density at radius 3 is 2.29 bits per heavy atom. The summed E-state index contributed by atoms with van der Waals surface area (Å²) in [6.45, 7) is 0. The van der Waals surface area contributed by atoms with Crippen molar-refractivity contribution >= 4 is 61.3 Å². The molecule has 5 nitrogen and oxygen atoms in total. The van der Waals surface area contributed by atoms with E-state index in [1.807, 2.05) is 0 Å². The van der Waals surface area contributed by atoms with E-state index >= 15 is 0 Å². The number of sulfonamides is 1. The van der Waals surface area contributed by atoms with Gasteiger partial charge in [-0.15, -0.1) is 10.2 Å². The Morgan fingerprint density at radius 1 is 0.917 bits per heavy atom. The number of anilines is 1. The summed E-state index contributed by atoms with van der Waals surface area (Å²) < 4.78 is 27.2. The first-order valence-corrected chi connectivity index (χ1v) is 9.86. The lowest BCUT2D eigenvalue weighted by molar-refractivity contribution is 0.601. The zero-order valence-electron chi connectivity index (χ0n) is 11.7. The van der Waals surface area contributed by atoms with Gasteiger partial charge in [-0.2, -0.15) is 0 Å². The molecule has 0 amide bonds. The van der Waals surface area contributed by atoms with Crippen LogP contribution < -0.4 is 4.72 Å². The quantitative estimate of drug-likeness (QED) is 0.647. The van der Waals surface area contributed by atoms with Crippen molar-refractivity contribution in [3.8, 4) is 10.6 Å². The molecule has 0 unspecified atom stereocenters. The van der Waals surface area contributed by atoms with E-state index in [2.05, 4.69) is 14.9 Å². The highest BCUT2D eigenvalue weighted by Crippen LogP contribution is 2.30. The van der Waals surface area contributed by atoms with E-state index in [0.29, 0.717) is 10.0 Å².